The quantitative estimate of drug-likeness (QED) is 0.632. The molecule has 3 aromatic rings. The number of hydrogen-bond donors (Lipinski definition) is 0. The summed E-state index contributed by atoms with van der Waals surface area (Å²) >= 11 is 6.04. The molecule has 25 heavy (non-hydrogen) atoms. The van der Waals surface area contributed by atoms with E-state index in [0.29, 0.717) is 16.4 Å². The lowest BCUT2D eigenvalue weighted by Gasteiger charge is -2.29. The van der Waals surface area contributed by atoms with Crippen LogP contribution in [0.15, 0.2) is 53.2 Å². The lowest BCUT2D eigenvalue weighted by molar-refractivity contribution is 0.0650. The van der Waals surface area contributed by atoms with Crippen molar-refractivity contribution in [3.05, 3.63) is 65.1 Å². The number of carbonyl (C=O) groups excluding carboxylic acids is 1. The zero-order valence-electron chi connectivity index (χ0n) is 13.8. The van der Waals surface area contributed by atoms with E-state index in [0.717, 1.165) is 43.2 Å². The van der Waals surface area contributed by atoms with Crippen LogP contribution < -0.4 is 0 Å². The van der Waals surface area contributed by atoms with Crippen LogP contribution in [0.2, 0.25) is 5.02 Å². The number of fused-ring (bicyclic) bond motifs is 1. The van der Waals surface area contributed by atoms with E-state index in [9.17, 15) is 4.79 Å². The molecule has 2 aromatic heterocycles. The van der Waals surface area contributed by atoms with Crippen LogP contribution in [0.25, 0.3) is 11.0 Å². The lowest BCUT2D eigenvalue weighted by Crippen LogP contribution is -2.34. The fourth-order valence-corrected chi connectivity index (χ4v) is 3.73. The van der Waals surface area contributed by atoms with Gasteiger partial charge >= 0.3 is 0 Å². The minimum Gasteiger partial charge on any atom is -0.451 e. The first kappa shape index (κ1) is 16.2. The molecule has 1 aromatic carbocycles. The number of halogens is 1. The number of rotatable bonds is 2. The topological polar surface area (TPSA) is 46.3 Å². The summed E-state index contributed by atoms with van der Waals surface area (Å²) in [6, 6.07) is 11.2. The van der Waals surface area contributed by atoms with Gasteiger partial charge in [-0.25, -0.2) is 0 Å². The van der Waals surface area contributed by atoms with Gasteiger partial charge in [0.2, 0.25) is 0 Å². The number of furan rings is 1. The van der Waals surface area contributed by atoms with Gasteiger partial charge in [-0.2, -0.15) is 0 Å². The van der Waals surface area contributed by atoms with Gasteiger partial charge in [0.25, 0.3) is 5.91 Å². The molecule has 1 atom stereocenters. The highest BCUT2D eigenvalue weighted by molar-refractivity contribution is 6.31. The van der Waals surface area contributed by atoms with Crippen LogP contribution in [0.5, 0.6) is 0 Å². The maximum absolute atomic E-state index is 13.2. The zero-order chi connectivity index (χ0) is 17.2. The van der Waals surface area contributed by atoms with E-state index >= 15 is 0 Å². The number of pyridine rings is 1. The van der Waals surface area contributed by atoms with Gasteiger partial charge in [-0.15, -0.1) is 0 Å². The maximum atomic E-state index is 13.2. The molecule has 0 saturated carbocycles. The molecule has 1 aliphatic rings. The average Bonchev–Trinajstić information content (AvgIpc) is 2.90. The first-order valence-corrected chi connectivity index (χ1v) is 9.00. The summed E-state index contributed by atoms with van der Waals surface area (Å²) < 4.78 is 5.80. The van der Waals surface area contributed by atoms with Crippen molar-refractivity contribution in [1.29, 1.82) is 0 Å². The Morgan fingerprint density at radius 1 is 1.12 bits per heavy atom. The van der Waals surface area contributed by atoms with Crippen molar-refractivity contribution in [2.75, 3.05) is 6.54 Å². The van der Waals surface area contributed by atoms with Crippen molar-refractivity contribution in [2.24, 2.45) is 0 Å². The molecule has 1 unspecified atom stereocenters. The molecule has 0 radical (unpaired) electrons. The molecule has 5 heteroatoms. The van der Waals surface area contributed by atoms with Gasteiger partial charge in [-0.3, -0.25) is 9.78 Å². The number of hydrogen-bond acceptors (Lipinski definition) is 3. The Kier molecular flexibility index (Phi) is 4.45. The Morgan fingerprint density at radius 2 is 1.96 bits per heavy atom. The maximum Gasteiger partial charge on any atom is 0.290 e. The van der Waals surface area contributed by atoms with Crippen LogP contribution in [0.4, 0.5) is 0 Å². The molecule has 1 amide bonds. The smallest absolute Gasteiger partial charge is 0.290 e. The Bertz CT molecular complexity index is 891. The van der Waals surface area contributed by atoms with E-state index in [4.69, 9.17) is 16.0 Å². The van der Waals surface area contributed by atoms with Gasteiger partial charge in [0, 0.05) is 29.3 Å². The molecular formula is C20H19ClN2O2. The number of nitrogens with zero attached hydrogens (tertiary/aromatic N) is 2. The normalized spacial score (nSPS) is 18.3. The van der Waals surface area contributed by atoms with Crippen molar-refractivity contribution >= 4 is 28.5 Å². The summed E-state index contributed by atoms with van der Waals surface area (Å²) in [6.45, 7) is 0.740. The highest BCUT2D eigenvalue weighted by Crippen LogP contribution is 2.32. The zero-order valence-corrected chi connectivity index (χ0v) is 14.6. The fraction of sp³-hybridized carbons (Fsp3) is 0.300. The van der Waals surface area contributed by atoms with Gasteiger partial charge in [0.1, 0.15) is 5.58 Å². The summed E-state index contributed by atoms with van der Waals surface area (Å²) in [5.41, 5.74) is 1.81. The van der Waals surface area contributed by atoms with Gasteiger partial charge < -0.3 is 9.32 Å². The highest BCUT2D eigenvalue weighted by Gasteiger charge is 2.29. The predicted octanol–water partition coefficient (Wildman–Crippen LogP) is 5.24. The first-order valence-electron chi connectivity index (χ1n) is 8.62. The summed E-state index contributed by atoms with van der Waals surface area (Å²) in [5, 5.41) is 1.49. The van der Waals surface area contributed by atoms with Crippen molar-refractivity contribution in [3.8, 4) is 0 Å². The van der Waals surface area contributed by atoms with Crippen molar-refractivity contribution < 1.29 is 9.21 Å². The van der Waals surface area contributed by atoms with E-state index in [2.05, 4.69) is 4.98 Å². The lowest BCUT2D eigenvalue weighted by atomic mass is 10.0. The molecule has 0 bridgehead atoms. The van der Waals surface area contributed by atoms with Crippen LogP contribution in [-0.4, -0.2) is 22.3 Å². The monoisotopic (exact) mass is 354 g/mol. The summed E-state index contributed by atoms with van der Waals surface area (Å²) in [7, 11) is 0. The molecule has 4 nitrogen and oxygen atoms in total. The molecule has 1 aliphatic heterocycles. The third kappa shape index (κ3) is 3.27. The first-order chi connectivity index (χ1) is 12.2. The summed E-state index contributed by atoms with van der Waals surface area (Å²) in [6.07, 6.45) is 7.80. The van der Waals surface area contributed by atoms with E-state index < -0.39 is 0 Å². The van der Waals surface area contributed by atoms with E-state index in [1.54, 1.807) is 30.6 Å². The molecule has 4 rings (SSSR count). The average molecular weight is 355 g/mol. The van der Waals surface area contributed by atoms with E-state index in [1.807, 2.05) is 23.1 Å². The fourth-order valence-electron chi connectivity index (χ4n) is 3.54. The second-order valence-electron chi connectivity index (χ2n) is 6.44. The van der Waals surface area contributed by atoms with Crippen molar-refractivity contribution in [3.63, 3.8) is 0 Å². The Labute approximate surface area is 151 Å². The van der Waals surface area contributed by atoms with Crippen molar-refractivity contribution in [2.45, 2.75) is 31.7 Å². The highest BCUT2D eigenvalue weighted by atomic mass is 35.5. The van der Waals surface area contributed by atoms with Crippen molar-refractivity contribution in [1.82, 2.24) is 9.88 Å². The largest absolute Gasteiger partial charge is 0.451 e. The van der Waals surface area contributed by atoms with Gasteiger partial charge in [0.15, 0.2) is 5.76 Å². The number of carbonyl (C=O) groups is 1. The minimum absolute atomic E-state index is 0.0592. The SMILES string of the molecule is O=C(c1cc2cc(Cl)ccc2o1)N1CCCCCC1c1ccncc1. The van der Waals surface area contributed by atoms with Crippen LogP contribution in [0, 0.1) is 0 Å². The van der Waals surface area contributed by atoms with Crippen LogP contribution >= 0.6 is 11.6 Å². The van der Waals surface area contributed by atoms with Gasteiger partial charge in [0.05, 0.1) is 6.04 Å². The minimum atomic E-state index is -0.0592. The molecule has 1 fully saturated rings. The van der Waals surface area contributed by atoms with Gasteiger partial charge in [-0.05, 0) is 54.8 Å². The molecule has 1 saturated heterocycles. The Balaban J connectivity index is 1.69. The number of benzene rings is 1. The van der Waals surface area contributed by atoms with Crippen LogP contribution in [-0.2, 0) is 0 Å². The number of aromatic nitrogens is 1. The number of amides is 1. The Morgan fingerprint density at radius 3 is 2.80 bits per heavy atom. The predicted molar refractivity (Wildman–Crippen MR) is 97.7 cm³/mol. The third-order valence-electron chi connectivity index (χ3n) is 4.79. The van der Waals surface area contributed by atoms with Crippen LogP contribution in [0.1, 0.15) is 47.8 Å². The molecule has 0 N–H and O–H groups in total. The van der Waals surface area contributed by atoms with Crippen LogP contribution in [0.3, 0.4) is 0 Å². The Hall–Kier alpha value is -2.33. The standard InChI is InChI=1S/C20H19ClN2O2/c21-16-5-6-18-15(12-16)13-19(25-18)20(24)23-11-3-1-2-4-17(23)14-7-9-22-10-8-14/h5-10,12-13,17H,1-4,11H2. The summed E-state index contributed by atoms with van der Waals surface area (Å²) in [5.74, 6) is 0.314. The second-order valence-corrected chi connectivity index (χ2v) is 6.87. The third-order valence-corrected chi connectivity index (χ3v) is 5.03. The molecule has 128 valence electrons. The molecule has 0 aliphatic carbocycles. The molecular weight excluding hydrogens is 336 g/mol. The molecule has 3 heterocycles. The summed E-state index contributed by atoms with van der Waals surface area (Å²) in [4.78, 5) is 19.2. The van der Waals surface area contributed by atoms with Gasteiger partial charge in [-0.1, -0.05) is 24.4 Å². The second kappa shape index (κ2) is 6.89. The number of likely N-dealkylation sites (tertiary alicyclic amines) is 1. The van der Waals surface area contributed by atoms with E-state index in [-0.39, 0.29) is 11.9 Å². The van der Waals surface area contributed by atoms with E-state index in [1.165, 1.54) is 0 Å². The molecule has 0 spiro atoms.